The molecule has 0 fully saturated rings. The lowest BCUT2D eigenvalue weighted by Crippen LogP contribution is -2.12. The van der Waals surface area contributed by atoms with Crippen LogP contribution in [0.3, 0.4) is 0 Å². The maximum Gasteiger partial charge on any atom is 0.335 e. The van der Waals surface area contributed by atoms with Crippen molar-refractivity contribution in [2.75, 3.05) is 0 Å². The first-order valence-electron chi connectivity index (χ1n) is 3.19. The van der Waals surface area contributed by atoms with Crippen LogP contribution in [-0.4, -0.2) is 23.1 Å². The summed E-state index contributed by atoms with van der Waals surface area (Å²) in [5.41, 5.74) is 0.264. The lowest BCUT2D eigenvalue weighted by molar-refractivity contribution is -0.139. The fourth-order valence-corrected chi connectivity index (χ4v) is 1.06. The molecule has 0 aromatic carbocycles. The number of carboxylic acids is 1. The zero-order valence-corrected chi connectivity index (χ0v) is 6.25. The molecule has 4 nitrogen and oxygen atoms in total. The highest BCUT2D eigenvalue weighted by Crippen LogP contribution is 2.21. The minimum Gasteiger partial charge on any atom is -0.478 e. The third-order valence-electron chi connectivity index (χ3n) is 1.63. The second-order valence-corrected chi connectivity index (χ2v) is 2.39. The summed E-state index contributed by atoms with van der Waals surface area (Å²) < 4.78 is 4.65. The molecule has 0 aromatic heterocycles. The number of carbonyl (C=O) groups is 2. The van der Waals surface area contributed by atoms with Gasteiger partial charge in [-0.05, 0) is 13.8 Å². The molecule has 1 aliphatic rings. The lowest BCUT2D eigenvalue weighted by Gasteiger charge is -2.02. The van der Waals surface area contributed by atoms with Gasteiger partial charge in [-0.3, -0.25) is 0 Å². The van der Waals surface area contributed by atoms with Crippen LogP contribution in [0.5, 0.6) is 0 Å². The van der Waals surface area contributed by atoms with Crippen LogP contribution in [0.4, 0.5) is 0 Å². The van der Waals surface area contributed by atoms with Crippen LogP contribution in [0.2, 0.25) is 0 Å². The van der Waals surface area contributed by atoms with Gasteiger partial charge in [0.15, 0.2) is 0 Å². The maximum atomic E-state index is 10.8. The van der Waals surface area contributed by atoms with Gasteiger partial charge in [0.25, 0.3) is 0 Å². The molecule has 0 bridgehead atoms. The van der Waals surface area contributed by atoms with Crippen molar-refractivity contribution in [3.05, 3.63) is 11.1 Å². The Morgan fingerprint density at radius 2 is 2.18 bits per heavy atom. The number of cyclic esters (lactones) is 1. The van der Waals surface area contributed by atoms with Gasteiger partial charge in [0.1, 0.15) is 6.10 Å². The second kappa shape index (κ2) is 2.38. The van der Waals surface area contributed by atoms with Crippen molar-refractivity contribution in [1.82, 2.24) is 0 Å². The third-order valence-corrected chi connectivity index (χ3v) is 1.63. The molecule has 1 heterocycles. The van der Waals surface area contributed by atoms with Crippen LogP contribution in [0.25, 0.3) is 0 Å². The van der Waals surface area contributed by atoms with Crippen molar-refractivity contribution in [2.24, 2.45) is 0 Å². The molecule has 0 unspecified atom stereocenters. The molecule has 0 saturated heterocycles. The summed E-state index contributed by atoms with van der Waals surface area (Å²) in [7, 11) is 0. The van der Waals surface area contributed by atoms with Gasteiger partial charge in [-0.1, -0.05) is 0 Å². The molecule has 11 heavy (non-hydrogen) atoms. The molecule has 4 heteroatoms. The van der Waals surface area contributed by atoms with Crippen LogP contribution in [-0.2, 0) is 14.3 Å². The predicted octanol–water partition coefficient (Wildman–Crippen LogP) is 0.333. The van der Waals surface area contributed by atoms with Gasteiger partial charge in [0.2, 0.25) is 0 Å². The smallest absolute Gasteiger partial charge is 0.335 e. The van der Waals surface area contributed by atoms with E-state index in [1.165, 1.54) is 13.8 Å². The summed E-state index contributed by atoms with van der Waals surface area (Å²) in [5.74, 6) is -1.62. The highest BCUT2D eigenvalue weighted by molar-refractivity contribution is 6.03. The lowest BCUT2D eigenvalue weighted by atomic mass is 10.1. The summed E-state index contributed by atoms with van der Waals surface area (Å²) in [4.78, 5) is 21.2. The van der Waals surface area contributed by atoms with Crippen LogP contribution < -0.4 is 0 Å². The van der Waals surface area contributed by atoms with E-state index in [0.29, 0.717) is 0 Å². The molecule has 1 aliphatic heterocycles. The zero-order valence-electron chi connectivity index (χ0n) is 6.25. The number of carbonyl (C=O) groups excluding carboxylic acids is 1. The van der Waals surface area contributed by atoms with Gasteiger partial charge in [-0.15, -0.1) is 0 Å². The first-order valence-corrected chi connectivity index (χ1v) is 3.19. The van der Waals surface area contributed by atoms with Crippen LogP contribution in [0.1, 0.15) is 13.8 Å². The fourth-order valence-electron chi connectivity index (χ4n) is 1.06. The molecule has 0 saturated carbocycles. The normalized spacial score (nSPS) is 23.8. The van der Waals surface area contributed by atoms with Crippen molar-refractivity contribution >= 4 is 11.9 Å². The minimum atomic E-state index is -1.08. The van der Waals surface area contributed by atoms with Crippen LogP contribution >= 0.6 is 0 Å². The topological polar surface area (TPSA) is 63.6 Å². The molecule has 1 N–H and O–H groups in total. The van der Waals surface area contributed by atoms with Gasteiger partial charge in [0.05, 0.1) is 5.57 Å². The summed E-state index contributed by atoms with van der Waals surface area (Å²) in [6.45, 7) is 2.99. The largest absolute Gasteiger partial charge is 0.478 e. The van der Waals surface area contributed by atoms with E-state index in [9.17, 15) is 9.59 Å². The second-order valence-electron chi connectivity index (χ2n) is 2.39. The van der Waals surface area contributed by atoms with E-state index in [4.69, 9.17) is 5.11 Å². The van der Waals surface area contributed by atoms with E-state index < -0.39 is 18.0 Å². The molecule has 0 aromatic rings. The molecule has 0 radical (unpaired) electrons. The van der Waals surface area contributed by atoms with Gasteiger partial charge in [-0.25, -0.2) is 9.59 Å². The van der Waals surface area contributed by atoms with Crippen molar-refractivity contribution in [3.63, 3.8) is 0 Å². The average Bonchev–Trinajstić information content (AvgIpc) is 2.07. The number of aliphatic carboxylic acids is 1. The number of carboxylic acid groups (broad SMARTS) is 1. The minimum absolute atomic E-state index is 0.0648. The Hall–Kier alpha value is -1.32. The van der Waals surface area contributed by atoms with Crippen molar-refractivity contribution in [3.8, 4) is 0 Å². The highest BCUT2D eigenvalue weighted by atomic mass is 16.5. The standard InChI is InChI=1S/C7H8O4/c1-3-5(6(8)9)4(2)11-7(3)10/h4H,1-2H3,(H,8,9)/t4-/m1/s1. The molecule has 60 valence electrons. The van der Waals surface area contributed by atoms with Crippen LogP contribution in [0.15, 0.2) is 11.1 Å². The zero-order chi connectivity index (χ0) is 8.59. The van der Waals surface area contributed by atoms with Crippen molar-refractivity contribution in [2.45, 2.75) is 20.0 Å². The first-order chi connectivity index (χ1) is 5.04. The Morgan fingerprint density at radius 3 is 2.36 bits per heavy atom. The van der Waals surface area contributed by atoms with Gasteiger partial charge >= 0.3 is 11.9 Å². The van der Waals surface area contributed by atoms with Gasteiger partial charge in [0, 0.05) is 5.57 Å². The van der Waals surface area contributed by atoms with E-state index in [1.54, 1.807) is 0 Å². The predicted molar refractivity (Wildman–Crippen MR) is 35.9 cm³/mol. The molecular formula is C7H8O4. The highest BCUT2D eigenvalue weighted by Gasteiger charge is 2.32. The van der Waals surface area contributed by atoms with E-state index in [2.05, 4.69) is 4.74 Å². The SMILES string of the molecule is CC1=C(C(=O)O)[C@@H](C)OC1=O. The van der Waals surface area contributed by atoms with Crippen molar-refractivity contribution < 1.29 is 19.4 Å². The summed E-state index contributed by atoms with van der Waals surface area (Å²) in [6, 6.07) is 0. The van der Waals surface area contributed by atoms with E-state index in [0.717, 1.165) is 0 Å². The quantitative estimate of drug-likeness (QED) is 0.556. The number of esters is 1. The molecule has 1 rings (SSSR count). The molecular weight excluding hydrogens is 148 g/mol. The van der Waals surface area contributed by atoms with Gasteiger partial charge in [-0.2, -0.15) is 0 Å². The van der Waals surface area contributed by atoms with Gasteiger partial charge < -0.3 is 9.84 Å². The number of rotatable bonds is 1. The Kier molecular flexibility index (Phi) is 1.68. The Labute approximate surface area is 63.5 Å². The fraction of sp³-hybridized carbons (Fsp3) is 0.429. The Balaban J connectivity index is 3.06. The monoisotopic (exact) mass is 156 g/mol. The summed E-state index contributed by atoms with van der Waals surface area (Å²) in [6.07, 6.45) is -0.611. The number of ether oxygens (including phenoxy) is 1. The van der Waals surface area contributed by atoms with E-state index in [-0.39, 0.29) is 11.1 Å². The first kappa shape index (κ1) is 7.78. The molecule has 1 atom stereocenters. The molecule has 0 amide bonds. The summed E-state index contributed by atoms with van der Waals surface area (Å²) >= 11 is 0. The molecule has 0 aliphatic carbocycles. The van der Waals surface area contributed by atoms with Crippen molar-refractivity contribution in [1.29, 1.82) is 0 Å². The van der Waals surface area contributed by atoms with E-state index in [1.807, 2.05) is 0 Å². The third kappa shape index (κ3) is 1.11. The maximum absolute atomic E-state index is 10.8. The Bertz CT molecular complexity index is 251. The average molecular weight is 156 g/mol. The Morgan fingerprint density at radius 1 is 1.64 bits per heavy atom. The number of hydrogen-bond acceptors (Lipinski definition) is 3. The molecule has 0 spiro atoms. The van der Waals surface area contributed by atoms with E-state index >= 15 is 0 Å². The van der Waals surface area contributed by atoms with Crippen LogP contribution in [0, 0.1) is 0 Å². The summed E-state index contributed by atoms with van der Waals surface area (Å²) in [5, 5.41) is 8.58. The number of hydrogen-bond donors (Lipinski definition) is 1.